The van der Waals surface area contributed by atoms with Gasteiger partial charge in [-0.05, 0) is 55.8 Å². The molecule has 3 aromatic rings. The Balaban J connectivity index is 1.13. The van der Waals surface area contributed by atoms with Crippen LogP contribution in [-0.4, -0.2) is 57.1 Å². The zero-order valence-electron chi connectivity index (χ0n) is 18.9. The molecule has 3 N–H and O–H groups in total. The van der Waals surface area contributed by atoms with E-state index < -0.39 is 6.04 Å². The van der Waals surface area contributed by atoms with Gasteiger partial charge in [-0.1, -0.05) is 54.6 Å². The molecule has 172 valence electrons. The Kier molecular flexibility index (Phi) is 6.40. The largest absolute Gasteiger partial charge is 0.393 e. The van der Waals surface area contributed by atoms with Crippen molar-refractivity contribution in [3.8, 4) is 11.3 Å². The van der Waals surface area contributed by atoms with E-state index in [-0.39, 0.29) is 23.8 Å². The molecule has 0 aliphatic carbocycles. The minimum atomic E-state index is -0.470. The number of aliphatic hydroxyl groups is 1. The number of rotatable bonds is 8. The average molecular weight is 445 g/mol. The minimum absolute atomic E-state index is 0.0908. The van der Waals surface area contributed by atoms with E-state index in [0.717, 1.165) is 37.2 Å². The van der Waals surface area contributed by atoms with Gasteiger partial charge in [0.15, 0.2) is 5.78 Å². The number of aliphatic hydroxyl groups excluding tert-OH is 1. The molecule has 33 heavy (non-hydrogen) atoms. The quantitative estimate of drug-likeness (QED) is 0.558. The van der Waals surface area contributed by atoms with Crippen LogP contribution in [0.1, 0.15) is 36.4 Å². The molecule has 2 aliphatic rings. The number of aromatic nitrogens is 2. The van der Waals surface area contributed by atoms with Gasteiger partial charge >= 0.3 is 0 Å². The first-order valence-electron chi connectivity index (χ1n) is 11.9. The number of hydrogen-bond acceptors (Lipinski definition) is 5. The standard InChI is InChI=1S/C27H32N4O2/c28-23(14-19-6-2-1-3-7-19)27(33)17-30-12-10-20(11-13-30)26(32)15-24-21-8-4-5-9-22(21)25-16-29-18-31(24)25/h1-9,16,18,20,23-24,26,32H,10-15,17,28H2. The third kappa shape index (κ3) is 4.64. The summed E-state index contributed by atoms with van der Waals surface area (Å²) in [5.74, 6) is 0.335. The van der Waals surface area contributed by atoms with Gasteiger partial charge in [0, 0.05) is 5.56 Å². The summed E-state index contributed by atoms with van der Waals surface area (Å²) in [4.78, 5) is 19.2. The van der Waals surface area contributed by atoms with Crippen LogP contribution in [0.25, 0.3) is 11.3 Å². The number of Topliss-reactive ketones (excluding diaryl/α,β-unsaturated/α-hetero) is 1. The second kappa shape index (κ2) is 9.59. The number of hydrogen-bond donors (Lipinski definition) is 2. The summed E-state index contributed by atoms with van der Waals surface area (Å²) in [5.41, 5.74) is 10.9. The number of nitrogens with two attached hydrogens (primary N) is 1. The molecule has 3 heterocycles. The summed E-state index contributed by atoms with van der Waals surface area (Å²) in [6.45, 7) is 2.04. The molecule has 6 heteroatoms. The van der Waals surface area contributed by atoms with Crippen molar-refractivity contribution in [3.63, 3.8) is 0 Å². The van der Waals surface area contributed by atoms with Crippen LogP contribution in [0.4, 0.5) is 0 Å². The highest BCUT2D eigenvalue weighted by molar-refractivity contribution is 5.86. The van der Waals surface area contributed by atoms with Gasteiger partial charge in [-0.15, -0.1) is 0 Å². The minimum Gasteiger partial charge on any atom is -0.393 e. The summed E-state index contributed by atoms with van der Waals surface area (Å²) in [6.07, 6.45) is 6.46. The number of carbonyl (C=O) groups is 1. The van der Waals surface area contributed by atoms with Crippen molar-refractivity contribution in [2.24, 2.45) is 11.7 Å². The van der Waals surface area contributed by atoms with Gasteiger partial charge in [0.25, 0.3) is 0 Å². The summed E-state index contributed by atoms with van der Waals surface area (Å²) >= 11 is 0. The predicted molar refractivity (Wildman–Crippen MR) is 129 cm³/mol. The van der Waals surface area contributed by atoms with Crippen LogP contribution in [0.5, 0.6) is 0 Å². The maximum Gasteiger partial charge on any atom is 0.163 e. The number of benzene rings is 2. The van der Waals surface area contributed by atoms with Gasteiger partial charge in [0.05, 0.1) is 43.0 Å². The van der Waals surface area contributed by atoms with Gasteiger partial charge in [0.2, 0.25) is 0 Å². The first kappa shape index (κ1) is 22.0. The van der Waals surface area contributed by atoms with Gasteiger partial charge in [-0.2, -0.15) is 0 Å². The number of imidazole rings is 1. The summed E-state index contributed by atoms with van der Waals surface area (Å²) in [6, 6.07) is 18.0. The van der Waals surface area contributed by atoms with Crippen molar-refractivity contribution in [1.29, 1.82) is 0 Å². The van der Waals surface area contributed by atoms with Gasteiger partial charge in [-0.3, -0.25) is 9.69 Å². The van der Waals surface area contributed by atoms with E-state index in [2.05, 4.69) is 38.7 Å². The van der Waals surface area contributed by atoms with E-state index in [0.29, 0.717) is 19.4 Å². The second-order valence-electron chi connectivity index (χ2n) is 9.47. The normalized spacial score (nSPS) is 20.2. The van der Waals surface area contributed by atoms with Crippen molar-refractivity contribution in [3.05, 3.63) is 78.2 Å². The highest BCUT2D eigenvalue weighted by Gasteiger charge is 2.33. The lowest BCUT2D eigenvalue weighted by atomic mass is 9.86. The van der Waals surface area contributed by atoms with Crippen molar-refractivity contribution in [2.75, 3.05) is 19.6 Å². The second-order valence-corrected chi connectivity index (χ2v) is 9.47. The zero-order valence-corrected chi connectivity index (χ0v) is 18.9. The molecular formula is C27H32N4O2. The topological polar surface area (TPSA) is 84.4 Å². The Morgan fingerprint density at radius 1 is 1.09 bits per heavy atom. The van der Waals surface area contributed by atoms with Crippen LogP contribution in [0.2, 0.25) is 0 Å². The maximum absolute atomic E-state index is 12.6. The van der Waals surface area contributed by atoms with E-state index in [1.807, 2.05) is 42.9 Å². The molecule has 3 unspecified atom stereocenters. The molecule has 0 saturated carbocycles. The third-order valence-electron chi connectivity index (χ3n) is 7.33. The molecule has 1 fully saturated rings. The number of likely N-dealkylation sites (tertiary alicyclic amines) is 1. The first-order valence-corrected chi connectivity index (χ1v) is 11.9. The van der Waals surface area contributed by atoms with Crippen molar-refractivity contribution in [2.45, 2.75) is 43.9 Å². The average Bonchev–Trinajstić information content (AvgIpc) is 3.43. The Bertz CT molecular complexity index is 1090. The number of piperidine rings is 1. The lowest BCUT2D eigenvalue weighted by Crippen LogP contribution is -2.45. The molecule has 0 bridgehead atoms. The molecule has 1 saturated heterocycles. The monoisotopic (exact) mass is 444 g/mol. The molecule has 5 rings (SSSR count). The molecule has 3 atom stereocenters. The van der Waals surface area contributed by atoms with Crippen LogP contribution in [0.15, 0.2) is 67.1 Å². The Morgan fingerprint density at radius 3 is 2.61 bits per heavy atom. The van der Waals surface area contributed by atoms with Gasteiger partial charge in [0.1, 0.15) is 0 Å². The number of fused-ring (bicyclic) bond motifs is 3. The van der Waals surface area contributed by atoms with E-state index in [9.17, 15) is 9.90 Å². The van der Waals surface area contributed by atoms with Crippen LogP contribution in [0, 0.1) is 5.92 Å². The molecule has 2 aliphatic heterocycles. The van der Waals surface area contributed by atoms with Gasteiger partial charge in [-0.25, -0.2) is 4.98 Å². The Morgan fingerprint density at radius 2 is 1.82 bits per heavy atom. The van der Waals surface area contributed by atoms with Crippen LogP contribution in [0.3, 0.4) is 0 Å². The first-order chi connectivity index (χ1) is 16.1. The zero-order chi connectivity index (χ0) is 22.8. The summed E-state index contributed by atoms with van der Waals surface area (Å²) in [5, 5.41) is 11.1. The van der Waals surface area contributed by atoms with E-state index in [1.54, 1.807) is 0 Å². The van der Waals surface area contributed by atoms with Crippen molar-refractivity contribution in [1.82, 2.24) is 14.5 Å². The smallest absolute Gasteiger partial charge is 0.163 e. The summed E-state index contributed by atoms with van der Waals surface area (Å²) < 4.78 is 2.19. The molecule has 0 radical (unpaired) electrons. The molecule has 0 spiro atoms. The van der Waals surface area contributed by atoms with E-state index >= 15 is 0 Å². The van der Waals surface area contributed by atoms with Crippen LogP contribution < -0.4 is 5.73 Å². The molecule has 6 nitrogen and oxygen atoms in total. The van der Waals surface area contributed by atoms with E-state index in [1.165, 1.54) is 11.1 Å². The van der Waals surface area contributed by atoms with Crippen molar-refractivity contribution >= 4 is 5.78 Å². The highest BCUT2D eigenvalue weighted by Crippen LogP contribution is 2.42. The molecule has 0 amide bonds. The van der Waals surface area contributed by atoms with Gasteiger partial charge < -0.3 is 15.4 Å². The van der Waals surface area contributed by atoms with Crippen LogP contribution >= 0.6 is 0 Å². The molecule has 2 aromatic carbocycles. The Hall–Kier alpha value is -2.80. The number of carbonyl (C=O) groups excluding carboxylic acids is 1. The lowest BCUT2D eigenvalue weighted by Gasteiger charge is -2.35. The molecular weight excluding hydrogens is 412 g/mol. The van der Waals surface area contributed by atoms with Crippen molar-refractivity contribution < 1.29 is 9.90 Å². The Labute approximate surface area is 195 Å². The SMILES string of the molecule is NC(Cc1ccccc1)C(=O)CN1CCC(C(O)CC2c3ccccc3-c3cncn32)CC1. The third-order valence-corrected chi connectivity index (χ3v) is 7.33. The molecule has 1 aromatic heterocycles. The van der Waals surface area contributed by atoms with E-state index in [4.69, 9.17) is 5.73 Å². The lowest BCUT2D eigenvalue weighted by molar-refractivity contribution is -0.121. The van der Waals surface area contributed by atoms with Crippen LogP contribution in [-0.2, 0) is 11.2 Å². The number of ketones is 1. The maximum atomic E-state index is 12.6. The fourth-order valence-electron chi connectivity index (χ4n) is 5.41. The highest BCUT2D eigenvalue weighted by atomic mass is 16.3. The number of nitrogens with zero attached hydrogens (tertiary/aromatic N) is 3. The summed E-state index contributed by atoms with van der Waals surface area (Å²) in [7, 11) is 0. The predicted octanol–water partition coefficient (Wildman–Crippen LogP) is 3.06. The fraction of sp³-hybridized carbons (Fsp3) is 0.407. The fourth-order valence-corrected chi connectivity index (χ4v) is 5.41.